The summed E-state index contributed by atoms with van der Waals surface area (Å²) in [7, 11) is 0. The molecule has 0 amide bonds. The van der Waals surface area contributed by atoms with Crippen molar-refractivity contribution < 1.29 is 4.90 Å². The summed E-state index contributed by atoms with van der Waals surface area (Å²) in [5, 5.41) is 0. The third kappa shape index (κ3) is 2.83. The standard InChI is InChI=1S/C14H16BrN3S/c15-12-3-5-13(6-4-12)18-10-9-17(14(18)19)11-16-7-1-2-8-16/h3-6,9-10H,1-2,7-8,11H2/p+1. The Kier molecular flexibility index (Phi) is 3.86. The number of halogens is 1. The molecule has 3 rings (SSSR count). The van der Waals surface area contributed by atoms with Crippen LogP contribution in [-0.2, 0) is 6.67 Å². The van der Waals surface area contributed by atoms with Crippen LogP contribution in [0.25, 0.3) is 5.69 Å². The van der Waals surface area contributed by atoms with Crippen molar-refractivity contribution in [3.63, 3.8) is 0 Å². The predicted octanol–water partition coefficient (Wildman–Crippen LogP) is 2.41. The average Bonchev–Trinajstić information content (AvgIpc) is 3.03. The van der Waals surface area contributed by atoms with Crippen LogP contribution in [0.1, 0.15) is 12.8 Å². The van der Waals surface area contributed by atoms with Crippen molar-refractivity contribution >= 4 is 28.1 Å². The number of hydrogen-bond donors (Lipinski definition) is 1. The molecular weight excluding hydrogens is 322 g/mol. The largest absolute Gasteiger partial charge is 0.317 e. The summed E-state index contributed by atoms with van der Waals surface area (Å²) in [6, 6.07) is 8.24. The van der Waals surface area contributed by atoms with Gasteiger partial charge < -0.3 is 4.90 Å². The second-order valence-electron chi connectivity index (χ2n) is 5.01. The molecule has 2 heterocycles. The number of rotatable bonds is 3. The van der Waals surface area contributed by atoms with Gasteiger partial charge in [-0.05, 0) is 36.5 Å². The maximum absolute atomic E-state index is 5.58. The lowest BCUT2D eigenvalue weighted by Gasteiger charge is -2.12. The maximum atomic E-state index is 5.58. The Balaban J connectivity index is 1.85. The van der Waals surface area contributed by atoms with Gasteiger partial charge in [0.05, 0.1) is 13.1 Å². The van der Waals surface area contributed by atoms with E-state index in [1.54, 1.807) is 4.90 Å². The molecule has 5 heteroatoms. The van der Waals surface area contributed by atoms with Crippen molar-refractivity contribution in [3.8, 4) is 5.69 Å². The van der Waals surface area contributed by atoms with Gasteiger partial charge in [0, 0.05) is 35.4 Å². The summed E-state index contributed by atoms with van der Waals surface area (Å²) >= 11 is 9.03. The number of benzene rings is 1. The van der Waals surface area contributed by atoms with Crippen LogP contribution < -0.4 is 4.90 Å². The SMILES string of the molecule is S=c1n(C[NH+]2CCCC2)ccn1-c1ccc(Br)cc1. The van der Waals surface area contributed by atoms with E-state index in [9.17, 15) is 0 Å². The van der Waals surface area contributed by atoms with Crippen molar-refractivity contribution in [3.05, 3.63) is 45.9 Å². The average molecular weight is 339 g/mol. The zero-order chi connectivity index (χ0) is 13.2. The lowest BCUT2D eigenvalue weighted by atomic mass is 10.3. The van der Waals surface area contributed by atoms with E-state index in [-0.39, 0.29) is 0 Å². The summed E-state index contributed by atoms with van der Waals surface area (Å²) in [6.07, 6.45) is 6.84. The molecule has 3 nitrogen and oxygen atoms in total. The molecule has 1 aromatic carbocycles. The number of hydrogen-bond acceptors (Lipinski definition) is 1. The minimum atomic E-state index is 0.877. The third-order valence-electron chi connectivity index (χ3n) is 3.66. The van der Waals surface area contributed by atoms with E-state index in [4.69, 9.17) is 12.2 Å². The van der Waals surface area contributed by atoms with Crippen LogP contribution in [0.15, 0.2) is 41.1 Å². The van der Waals surface area contributed by atoms with Gasteiger partial charge >= 0.3 is 0 Å². The Morgan fingerprint density at radius 3 is 2.47 bits per heavy atom. The summed E-state index contributed by atoms with van der Waals surface area (Å²) in [5.41, 5.74) is 1.11. The topological polar surface area (TPSA) is 14.3 Å². The van der Waals surface area contributed by atoms with Crippen LogP contribution in [0.2, 0.25) is 0 Å². The van der Waals surface area contributed by atoms with E-state index >= 15 is 0 Å². The van der Waals surface area contributed by atoms with Crippen molar-refractivity contribution in [2.45, 2.75) is 19.5 Å². The molecular formula is C14H17BrN3S+. The van der Waals surface area contributed by atoms with E-state index in [2.05, 4.69) is 49.6 Å². The smallest absolute Gasteiger partial charge is 0.188 e. The summed E-state index contributed by atoms with van der Waals surface area (Å²) in [6.45, 7) is 3.53. The second kappa shape index (κ2) is 5.61. The number of nitrogens with one attached hydrogen (secondary N) is 1. The van der Waals surface area contributed by atoms with Gasteiger partial charge in [0.15, 0.2) is 11.4 Å². The molecule has 0 aliphatic carbocycles. The fourth-order valence-electron chi connectivity index (χ4n) is 2.61. The minimum absolute atomic E-state index is 0.877. The van der Waals surface area contributed by atoms with Crippen LogP contribution in [-0.4, -0.2) is 22.2 Å². The molecule has 1 aliphatic heterocycles. The van der Waals surface area contributed by atoms with Gasteiger partial charge in [0.1, 0.15) is 0 Å². The van der Waals surface area contributed by atoms with Gasteiger partial charge in [-0.2, -0.15) is 0 Å². The molecule has 2 aromatic rings. The van der Waals surface area contributed by atoms with Gasteiger partial charge in [0.2, 0.25) is 0 Å². The molecule has 1 aromatic heterocycles. The lowest BCUT2D eigenvalue weighted by Crippen LogP contribution is -3.09. The molecule has 0 unspecified atom stereocenters. The summed E-state index contributed by atoms with van der Waals surface area (Å²) in [5.74, 6) is 0. The first-order chi connectivity index (χ1) is 9.24. The molecule has 1 N–H and O–H groups in total. The zero-order valence-corrected chi connectivity index (χ0v) is 13.1. The number of imidazole rings is 1. The molecule has 0 spiro atoms. The quantitative estimate of drug-likeness (QED) is 0.849. The molecule has 0 saturated carbocycles. The fraction of sp³-hybridized carbons (Fsp3) is 0.357. The van der Waals surface area contributed by atoms with Gasteiger partial charge in [-0.1, -0.05) is 15.9 Å². The van der Waals surface area contributed by atoms with E-state index < -0.39 is 0 Å². The van der Waals surface area contributed by atoms with Crippen LogP contribution in [0, 0.1) is 4.77 Å². The normalized spacial score (nSPS) is 16.1. The Labute approximate surface area is 126 Å². The highest BCUT2D eigenvalue weighted by Gasteiger charge is 2.16. The van der Waals surface area contributed by atoms with E-state index in [1.165, 1.54) is 25.9 Å². The maximum Gasteiger partial charge on any atom is 0.188 e. The van der Waals surface area contributed by atoms with Gasteiger partial charge in [-0.3, -0.25) is 9.13 Å². The van der Waals surface area contributed by atoms with Gasteiger partial charge in [0.25, 0.3) is 0 Å². The molecule has 19 heavy (non-hydrogen) atoms. The molecule has 0 bridgehead atoms. The van der Waals surface area contributed by atoms with Crippen molar-refractivity contribution in [1.82, 2.24) is 9.13 Å². The van der Waals surface area contributed by atoms with Crippen LogP contribution in [0.5, 0.6) is 0 Å². The highest BCUT2D eigenvalue weighted by Crippen LogP contribution is 2.14. The van der Waals surface area contributed by atoms with Crippen LogP contribution in [0.4, 0.5) is 0 Å². The van der Waals surface area contributed by atoms with Crippen LogP contribution in [0.3, 0.4) is 0 Å². The molecule has 1 saturated heterocycles. The van der Waals surface area contributed by atoms with E-state index in [0.717, 1.165) is 21.6 Å². The monoisotopic (exact) mass is 338 g/mol. The Bertz CT molecular complexity index is 608. The predicted molar refractivity (Wildman–Crippen MR) is 82.2 cm³/mol. The third-order valence-corrected chi connectivity index (χ3v) is 4.62. The fourth-order valence-corrected chi connectivity index (χ4v) is 3.16. The van der Waals surface area contributed by atoms with Crippen molar-refractivity contribution in [2.75, 3.05) is 13.1 Å². The number of aromatic nitrogens is 2. The number of quaternary nitrogens is 1. The first-order valence-corrected chi connectivity index (χ1v) is 7.81. The molecule has 0 radical (unpaired) electrons. The molecule has 100 valence electrons. The highest BCUT2D eigenvalue weighted by molar-refractivity contribution is 9.10. The molecule has 1 fully saturated rings. The van der Waals surface area contributed by atoms with Gasteiger partial charge in [-0.25, -0.2) is 0 Å². The number of nitrogens with zero attached hydrogens (tertiary/aromatic N) is 2. The Morgan fingerprint density at radius 1 is 1.11 bits per heavy atom. The zero-order valence-electron chi connectivity index (χ0n) is 10.7. The van der Waals surface area contributed by atoms with Gasteiger partial charge in [-0.15, -0.1) is 0 Å². The molecule has 0 atom stereocenters. The summed E-state index contributed by atoms with van der Waals surface area (Å²) in [4.78, 5) is 1.63. The second-order valence-corrected chi connectivity index (χ2v) is 6.29. The Morgan fingerprint density at radius 2 is 1.79 bits per heavy atom. The van der Waals surface area contributed by atoms with Crippen LogP contribution >= 0.6 is 28.1 Å². The Hall–Kier alpha value is -0.910. The lowest BCUT2D eigenvalue weighted by molar-refractivity contribution is -0.910. The highest BCUT2D eigenvalue weighted by atomic mass is 79.9. The first-order valence-electron chi connectivity index (χ1n) is 6.61. The van der Waals surface area contributed by atoms with E-state index in [0.29, 0.717) is 0 Å². The minimum Gasteiger partial charge on any atom is -0.317 e. The van der Waals surface area contributed by atoms with Crippen molar-refractivity contribution in [2.24, 2.45) is 0 Å². The number of likely N-dealkylation sites (tertiary alicyclic amines) is 1. The summed E-state index contributed by atoms with van der Waals surface area (Å²) < 4.78 is 6.21. The molecule has 1 aliphatic rings. The first kappa shape index (κ1) is 13.1. The van der Waals surface area contributed by atoms with E-state index in [1.807, 2.05) is 12.1 Å². The van der Waals surface area contributed by atoms with Crippen molar-refractivity contribution in [1.29, 1.82) is 0 Å².